The molecule has 5 heteroatoms. The van der Waals surface area contributed by atoms with Crippen molar-refractivity contribution in [3.8, 4) is 5.75 Å². The summed E-state index contributed by atoms with van der Waals surface area (Å²) in [6.07, 6.45) is 0.956. The number of nitro groups is 1. The van der Waals surface area contributed by atoms with E-state index in [9.17, 15) is 10.1 Å². The fraction of sp³-hybridized carbons (Fsp3) is 0.188. The van der Waals surface area contributed by atoms with Crippen molar-refractivity contribution in [2.24, 2.45) is 4.99 Å². The molecule has 0 atom stereocenters. The van der Waals surface area contributed by atoms with E-state index in [1.165, 1.54) is 17.7 Å². The fourth-order valence-electron chi connectivity index (χ4n) is 2.36. The van der Waals surface area contributed by atoms with E-state index in [0.29, 0.717) is 12.4 Å². The van der Waals surface area contributed by atoms with Crippen LogP contribution in [0.1, 0.15) is 11.1 Å². The number of aliphatic imine (C=N–C) groups is 1. The topological polar surface area (TPSA) is 64.7 Å². The Morgan fingerprint density at radius 3 is 2.67 bits per heavy atom. The molecule has 3 rings (SSSR count). The maximum atomic E-state index is 10.6. The van der Waals surface area contributed by atoms with Gasteiger partial charge in [-0.25, -0.2) is 0 Å². The van der Waals surface area contributed by atoms with Crippen LogP contribution in [0.25, 0.3) is 0 Å². The first-order valence-electron chi connectivity index (χ1n) is 6.73. The minimum atomic E-state index is -0.425. The largest absolute Gasteiger partial charge is 0.487 e. The zero-order valence-electron chi connectivity index (χ0n) is 11.4. The van der Waals surface area contributed by atoms with Crippen LogP contribution in [0.4, 0.5) is 5.69 Å². The molecule has 2 aromatic rings. The van der Waals surface area contributed by atoms with Crippen molar-refractivity contribution in [1.82, 2.24) is 0 Å². The average Bonchev–Trinajstić information content (AvgIpc) is 2.53. The molecule has 0 aliphatic carbocycles. The minimum absolute atomic E-state index is 0.0581. The van der Waals surface area contributed by atoms with Crippen molar-refractivity contribution < 1.29 is 9.66 Å². The standard InChI is InChI=1S/C16H14N2O3/c19-18(20)13-5-7-14(8-6-13)21-11-16-15-4-2-1-3-12(15)9-10-17-16/h1-8H,9-11H2. The van der Waals surface area contributed by atoms with Crippen LogP contribution in [0.15, 0.2) is 53.5 Å². The van der Waals surface area contributed by atoms with Crippen LogP contribution >= 0.6 is 0 Å². The van der Waals surface area contributed by atoms with Gasteiger partial charge >= 0.3 is 0 Å². The van der Waals surface area contributed by atoms with Gasteiger partial charge < -0.3 is 4.74 Å². The maximum Gasteiger partial charge on any atom is 0.269 e. The first-order chi connectivity index (χ1) is 10.2. The first kappa shape index (κ1) is 13.3. The number of ether oxygens (including phenoxy) is 1. The molecule has 0 saturated carbocycles. The van der Waals surface area contributed by atoms with Gasteiger partial charge in [-0.1, -0.05) is 24.3 Å². The summed E-state index contributed by atoms with van der Waals surface area (Å²) in [5.41, 5.74) is 3.40. The molecular weight excluding hydrogens is 268 g/mol. The lowest BCUT2D eigenvalue weighted by molar-refractivity contribution is -0.384. The van der Waals surface area contributed by atoms with Gasteiger partial charge in [0, 0.05) is 24.2 Å². The van der Waals surface area contributed by atoms with Gasteiger partial charge in [0.1, 0.15) is 12.4 Å². The van der Waals surface area contributed by atoms with Crippen molar-refractivity contribution >= 4 is 11.4 Å². The van der Waals surface area contributed by atoms with Crippen LogP contribution < -0.4 is 4.74 Å². The highest BCUT2D eigenvalue weighted by Gasteiger charge is 2.14. The van der Waals surface area contributed by atoms with Gasteiger partial charge in [-0.05, 0) is 24.1 Å². The second-order valence-corrected chi connectivity index (χ2v) is 4.78. The Kier molecular flexibility index (Phi) is 3.64. The van der Waals surface area contributed by atoms with Gasteiger partial charge in [-0.15, -0.1) is 0 Å². The van der Waals surface area contributed by atoms with Crippen molar-refractivity contribution in [3.63, 3.8) is 0 Å². The molecule has 0 saturated heterocycles. The van der Waals surface area contributed by atoms with Crippen LogP contribution in [0.5, 0.6) is 5.75 Å². The van der Waals surface area contributed by atoms with Gasteiger partial charge in [0.15, 0.2) is 0 Å². The molecule has 21 heavy (non-hydrogen) atoms. The summed E-state index contributed by atoms with van der Waals surface area (Å²) in [5.74, 6) is 0.603. The Hall–Kier alpha value is -2.69. The van der Waals surface area contributed by atoms with Crippen LogP contribution in [-0.4, -0.2) is 23.8 Å². The van der Waals surface area contributed by atoms with Crippen LogP contribution in [0.3, 0.4) is 0 Å². The lowest BCUT2D eigenvalue weighted by atomic mass is 9.98. The van der Waals surface area contributed by atoms with Gasteiger partial charge in [-0.2, -0.15) is 0 Å². The smallest absolute Gasteiger partial charge is 0.269 e. The predicted octanol–water partition coefficient (Wildman–Crippen LogP) is 3.02. The monoisotopic (exact) mass is 282 g/mol. The Balaban J connectivity index is 1.70. The molecule has 1 heterocycles. The number of fused-ring (bicyclic) bond motifs is 1. The van der Waals surface area contributed by atoms with Gasteiger partial charge in [0.25, 0.3) is 5.69 Å². The van der Waals surface area contributed by atoms with E-state index in [-0.39, 0.29) is 5.69 Å². The summed E-state index contributed by atoms with van der Waals surface area (Å²) in [6, 6.07) is 14.3. The molecule has 0 N–H and O–H groups in total. The number of benzene rings is 2. The molecule has 0 aromatic heterocycles. The molecule has 0 amide bonds. The van der Waals surface area contributed by atoms with E-state index < -0.39 is 4.92 Å². The minimum Gasteiger partial charge on any atom is -0.487 e. The molecule has 1 aliphatic heterocycles. The lowest BCUT2D eigenvalue weighted by Gasteiger charge is -2.17. The van der Waals surface area contributed by atoms with Gasteiger partial charge in [0.2, 0.25) is 0 Å². The third kappa shape index (κ3) is 2.91. The molecular formula is C16H14N2O3. The summed E-state index contributed by atoms with van der Waals surface area (Å²) in [6.45, 7) is 1.14. The normalized spacial score (nSPS) is 13.2. The van der Waals surface area contributed by atoms with Crippen molar-refractivity contribution in [2.75, 3.05) is 13.2 Å². The SMILES string of the molecule is O=[N+]([O-])c1ccc(OCC2=NCCc3ccccc32)cc1. The average molecular weight is 282 g/mol. The van der Waals surface area contributed by atoms with Crippen LogP contribution in [0.2, 0.25) is 0 Å². The number of hydrogen-bond acceptors (Lipinski definition) is 4. The Morgan fingerprint density at radius 2 is 1.90 bits per heavy atom. The molecule has 1 aliphatic rings. The molecule has 0 fully saturated rings. The van der Waals surface area contributed by atoms with Crippen LogP contribution in [-0.2, 0) is 6.42 Å². The highest BCUT2D eigenvalue weighted by molar-refractivity contribution is 6.03. The predicted molar refractivity (Wildman–Crippen MR) is 80.1 cm³/mol. The number of nitrogens with zero attached hydrogens (tertiary/aromatic N) is 2. The number of hydrogen-bond donors (Lipinski definition) is 0. The Bertz CT molecular complexity index is 693. The molecule has 2 aromatic carbocycles. The first-order valence-corrected chi connectivity index (χ1v) is 6.73. The molecule has 5 nitrogen and oxygen atoms in total. The molecule has 0 radical (unpaired) electrons. The third-order valence-electron chi connectivity index (χ3n) is 3.44. The summed E-state index contributed by atoms with van der Waals surface area (Å²) in [7, 11) is 0. The van der Waals surface area contributed by atoms with Gasteiger partial charge in [-0.3, -0.25) is 15.1 Å². The Labute approximate surface area is 122 Å². The molecule has 106 valence electrons. The summed E-state index contributed by atoms with van der Waals surface area (Å²) >= 11 is 0. The second kappa shape index (κ2) is 5.75. The van der Waals surface area contributed by atoms with Gasteiger partial charge in [0.05, 0.1) is 10.6 Å². The van der Waals surface area contributed by atoms with Crippen molar-refractivity contribution in [2.45, 2.75) is 6.42 Å². The van der Waals surface area contributed by atoms with E-state index in [1.54, 1.807) is 12.1 Å². The second-order valence-electron chi connectivity index (χ2n) is 4.78. The van der Waals surface area contributed by atoms with Crippen LogP contribution in [0, 0.1) is 10.1 Å². The van der Waals surface area contributed by atoms with E-state index >= 15 is 0 Å². The number of nitro benzene ring substituents is 1. The summed E-state index contributed by atoms with van der Waals surface area (Å²) in [5, 5.41) is 10.6. The van der Waals surface area contributed by atoms with Crippen molar-refractivity contribution in [1.29, 1.82) is 0 Å². The van der Waals surface area contributed by atoms with E-state index in [0.717, 1.165) is 24.2 Å². The summed E-state index contributed by atoms with van der Waals surface area (Å²) < 4.78 is 5.68. The summed E-state index contributed by atoms with van der Waals surface area (Å²) in [4.78, 5) is 14.7. The molecule has 0 bridgehead atoms. The molecule has 0 unspecified atom stereocenters. The van der Waals surface area contributed by atoms with Crippen molar-refractivity contribution in [3.05, 3.63) is 69.8 Å². The van der Waals surface area contributed by atoms with E-state index in [4.69, 9.17) is 4.74 Å². The zero-order valence-corrected chi connectivity index (χ0v) is 11.4. The lowest BCUT2D eigenvalue weighted by Crippen LogP contribution is -2.19. The molecule has 0 spiro atoms. The highest BCUT2D eigenvalue weighted by atomic mass is 16.6. The quantitative estimate of drug-likeness (QED) is 0.639. The van der Waals surface area contributed by atoms with E-state index in [2.05, 4.69) is 11.1 Å². The van der Waals surface area contributed by atoms with E-state index in [1.807, 2.05) is 18.2 Å². The third-order valence-corrected chi connectivity index (χ3v) is 3.44. The fourth-order valence-corrected chi connectivity index (χ4v) is 2.36. The maximum absolute atomic E-state index is 10.6. The Morgan fingerprint density at radius 1 is 1.14 bits per heavy atom. The zero-order chi connectivity index (χ0) is 14.7. The number of non-ortho nitro benzene ring substituents is 1. The highest BCUT2D eigenvalue weighted by Crippen LogP contribution is 2.19. The number of rotatable bonds is 4.